The molecule has 0 aromatic heterocycles. The summed E-state index contributed by atoms with van der Waals surface area (Å²) in [6.45, 7) is 8.10. The summed E-state index contributed by atoms with van der Waals surface area (Å²) in [5, 5.41) is 0. The van der Waals surface area contributed by atoms with Crippen molar-refractivity contribution in [3.05, 3.63) is 106 Å². The minimum Gasteiger partial charge on any atom is -0.297 e. The van der Waals surface area contributed by atoms with Crippen LogP contribution < -0.4 is 0 Å². The molecule has 168 valence electrons. The number of hydrogen-bond acceptors (Lipinski definition) is 4. The number of aryl methyl sites for hydroxylation is 2. The Morgan fingerprint density at radius 3 is 1.97 bits per heavy atom. The summed E-state index contributed by atoms with van der Waals surface area (Å²) >= 11 is 0. The number of nitrogens with zero attached hydrogens (tertiary/aromatic N) is 2. The van der Waals surface area contributed by atoms with Crippen LogP contribution in [-0.4, -0.2) is 47.5 Å². The fourth-order valence-corrected chi connectivity index (χ4v) is 5.51. The summed E-state index contributed by atoms with van der Waals surface area (Å²) in [5.74, 6) is -0.169. The van der Waals surface area contributed by atoms with Crippen molar-refractivity contribution in [1.82, 2.24) is 9.80 Å². The fraction of sp³-hybridized carbons (Fsp3) is 0.310. The second-order valence-electron chi connectivity index (χ2n) is 9.17. The van der Waals surface area contributed by atoms with Crippen molar-refractivity contribution >= 4 is 11.6 Å². The van der Waals surface area contributed by atoms with Gasteiger partial charge in [0.2, 0.25) is 0 Å². The second kappa shape index (κ2) is 8.69. The third-order valence-corrected chi connectivity index (χ3v) is 7.25. The summed E-state index contributed by atoms with van der Waals surface area (Å²) in [5.41, 5.74) is 4.42. The number of ketones is 2. The monoisotopic (exact) mass is 438 g/mol. The molecule has 1 saturated heterocycles. The van der Waals surface area contributed by atoms with Crippen LogP contribution >= 0.6 is 0 Å². The number of piperazine rings is 1. The Bertz CT molecular complexity index is 1170. The first-order valence-electron chi connectivity index (χ1n) is 11.9. The topological polar surface area (TPSA) is 40.6 Å². The van der Waals surface area contributed by atoms with Crippen LogP contribution in [0.1, 0.15) is 49.9 Å². The lowest BCUT2D eigenvalue weighted by Crippen LogP contribution is -2.60. The molecule has 1 fully saturated rings. The predicted octanol–water partition coefficient (Wildman–Crippen LogP) is 4.65. The molecule has 0 atom stereocenters. The number of rotatable bonds is 5. The van der Waals surface area contributed by atoms with E-state index in [0.29, 0.717) is 24.2 Å². The van der Waals surface area contributed by atoms with Crippen LogP contribution in [0.25, 0.3) is 0 Å². The lowest BCUT2D eigenvalue weighted by atomic mass is 9.82. The maximum atomic E-state index is 13.9. The van der Waals surface area contributed by atoms with Gasteiger partial charge in [0, 0.05) is 43.9 Å². The van der Waals surface area contributed by atoms with Gasteiger partial charge in [0.05, 0.1) is 0 Å². The zero-order chi connectivity index (χ0) is 23.0. The molecule has 1 aliphatic carbocycles. The van der Waals surface area contributed by atoms with Crippen LogP contribution in [0.4, 0.5) is 0 Å². The van der Waals surface area contributed by atoms with Crippen molar-refractivity contribution in [2.24, 2.45) is 0 Å². The van der Waals surface area contributed by atoms with Gasteiger partial charge in [-0.15, -0.1) is 0 Å². The molecule has 3 aromatic rings. The Morgan fingerprint density at radius 1 is 0.758 bits per heavy atom. The van der Waals surface area contributed by atoms with Gasteiger partial charge in [-0.25, -0.2) is 0 Å². The van der Waals surface area contributed by atoms with Gasteiger partial charge >= 0.3 is 0 Å². The lowest BCUT2D eigenvalue weighted by Gasteiger charge is -2.44. The van der Waals surface area contributed by atoms with E-state index in [4.69, 9.17) is 0 Å². The van der Waals surface area contributed by atoms with Crippen LogP contribution in [0.3, 0.4) is 0 Å². The lowest BCUT2D eigenvalue weighted by molar-refractivity contribution is 0.0279. The highest BCUT2D eigenvalue weighted by Gasteiger charge is 2.58. The third-order valence-electron chi connectivity index (χ3n) is 7.25. The maximum Gasteiger partial charge on any atom is 0.196 e. The molecule has 0 bridgehead atoms. The molecular formula is C29H30N2O2. The number of fused-ring (bicyclic) bond motifs is 1. The third kappa shape index (κ3) is 3.54. The first kappa shape index (κ1) is 21.7. The van der Waals surface area contributed by atoms with Gasteiger partial charge in [-0.05, 0) is 30.0 Å². The summed E-state index contributed by atoms with van der Waals surface area (Å²) in [7, 11) is 0. The Kier molecular flexibility index (Phi) is 5.73. The minimum absolute atomic E-state index is 0.0847. The zero-order valence-corrected chi connectivity index (χ0v) is 19.4. The van der Waals surface area contributed by atoms with Gasteiger partial charge in [-0.3, -0.25) is 19.4 Å². The van der Waals surface area contributed by atoms with Crippen molar-refractivity contribution < 1.29 is 9.59 Å². The van der Waals surface area contributed by atoms with E-state index >= 15 is 0 Å². The van der Waals surface area contributed by atoms with Crippen molar-refractivity contribution in [1.29, 1.82) is 0 Å². The van der Waals surface area contributed by atoms with Crippen molar-refractivity contribution in [2.45, 2.75) is 32.4 Å². The predicted molar refractivity (Wildman–Crippen MR) is 131 cm³/mol. The zero-order valence-electron chi connectivity index (χ0n) is 19.4. The molecule has 0 spiro atoms. The van der Waals surface area contributed by atoms with E-state index in [1.54, 1.807) is 12.1 Å². The molecule has 0 unspecified atom stereocenters. The smallest absolute Gasteiger partial charge is 0.196 e. The summed E-state index contributed by atoms with van der Waals surface area (Å²) in [4.78, 5) is 32.4. The highest BCUT2D eigenvalue weighted by Crippen LogP contribution is 2.43. The van der Waals surface area contributed by atoms with Gasteiger partial charge in [-0.2, -0.15) is 0 Å². The summed E-state index contributed by atoms with van der Waals surface area (Å²) < 4.78 is 0. The van der Waals surface area contributed by atoms with Crippen LogP contribution in [0.15, 0.2) is 72.8 Å². The Morgan fingerprint density at radius 2 is 1.36 bits per heavy atom. The summed E-state index contributed by atoms with van der Waals surface area (Å²) in [6.07, 6.45) is 1.02. The standard InChI is InChI=1S/C29H30N2O2/c1-3-22-10-4-5-11-23(22)20-30-15-17-31(18-16-30)29(24-12-8-9-21(2)19-24)27(32)25-13-6-7-14-26(25)28(29)33/h4-14,19H,3,15-18,20H2,1-2H3. The molecule has 5 rings (SSSR count). The molecule has 2 aliphatic rings. The molecule has 33 heavy (non-hydrogen) atoms. The van der Waals surface area contributed by atoms with E-state index in [0.717, 1.165) is 37.2 Å². The molecule has 4 heteroatoms. The highest BCUT2D eigenvalue weighted by atomic mass is 16.2. The molecule has 0 saturated carbocycles. The van der Waals surface area contributed by atoms with Gasteiger partial charge in [0.1, 0.15) is 0 Å². The molecule has 1 heterocycles. The Labute approximate surface area is 195 Å². The van der Waals surface area contributed by atoms with Crippen molar-refractivity contribution in [2.75, 3.05) is 26.2 Å². The van der Waals surface area contributed by atoms with E-state index in [2.05, 4.69) is 41.0 Å². The fourth-order valence-electron chi connectivity index (χ4n) is 5.51. The minimum atomic E-state index is -1.26. The van der Waals surface area contributed by atoms with Gasteiger partial charge < -0.3 is 0 Å². The molecule has 0 N–H and O–H groups in total. The van der Waals surface area contributed by atoms with E-state index in [9.17, 15) is 9.59 Å². The molecule has 4 nitrogen and oxygen atoms in total. The molecule has 1 aliphatic heterocycles. The Hall–Kier alpha value is -3.08. The first-order valence-corrected chi connectivity index (χ1v) is 11.9. The molecule has 3 aromatic carbocycles. The maximum absolute atomic E-state index is 13.9. The van der Waals surface area contributed by atoms with E-state index in [-0.39, 0.29) is 11.6 Å². The van der Waals surface area contributed by atoms with E-state index in [1.807, 2.05) is 43.3 Å². The number of carbonyl (C=O) groups excluding carboxylic acids is 2. The van der Waals surface area contributed by atoms with Crippen molar-refractivity contribution in [3.63, 3.8) is 0 Å². The van der Waals surface area contributed by atoms with Crippen LogP contribution in [-0.2, 0) is 18.5 Å². The number of carbonyl (C=O) groups is 2. The average molecular weight is 439 g/mol. The Balaban J connectivity index is 1.46. The molecular weight excluding hydrogens is 408 g/mol. The number of Topliss-reactive ketones (excluding diaryl/α,β-unsaturated/α-hetero) is 2. The normalized spacial score (nSPS) is 18.5. The average Bonchev–Trinajstić information content (AvgIpc) is 3.08. The second-order valence-corrected chi connectivity index (χ2v) is 9.17. The number of benzene rings is 3. The van der Waals surface area contributed by atoms with Crippen LogP contribution in [0.5, 0.6) is 0 Å². The van der Waals surface area contributed by atoms with E-state index < -0.39 is 5.54 Å². The molecule has 0 amide bonds. The van der Waals surface area contributed by atoms with E-state index in [1.165, 1.54) is 11.1 Å². The van der Waals surface area contributed by atoms with Crippen LogP contribution in [0.2, 0.25) is 0 Å². The van der Waals surface area contributed by atoms with Gasteiger partial charge in [0.15, 0.2) is 17.1 Å². The van der Waals surface area contributed by atoms with Gasteiger partial charge in [-0.1, -0.05) is 85.3 Å². The number of hydrogen-bond donors (Lipinski definition) is 0. The summed E-state index contributed by atoms with van der Waals surface area (Å²) in [6, 6.07) is 23.8. The molecule has 0 radical (unpaired) electrons. The van der Waals surface area contributed by atoms with Crippen LogP contribution in [0, 0.1) is 6.92 Å². The highest BCUT2D eigenvalue weighted by molar-refractivity contribution is 6.32. The van der Waals surface area contributed by atoms with Gasteiger partial charge in [0.25, 0.3) is 0 Å². The van der Waals surface area contributed by atoms with Crippen molar-refractivity contribution in [3.8, 4) is 0 Å². The quantitative estimate of drug-likeness (QED) is 0.544. The first-order chi connectivity index (χ1) is 16.1. The largest absolute Gasteiger partial charge is 0.297 e. The SMILES string of the molecule is CCc1ccccc1CN1CCN(C2(c3cccc(C)c3)C(=O)c3ccccc3C2=O)CC1.